The summed E-state index contributed by atoms with van der Waals surface area (Å²) < 4.78 is 0. The van der Waals surface area contributed by atoms with Crippen LogP contribution in [0.4, 0.5) is 11.4 Å². The monoisotopic (exact) mass is 309 g/mol. The molecule has 2 aromatic carbocycles. The van der Waals surface area contributed by atoms with Gasteiger partial charge in [0, 0.05) is 16.7 Å². The predicted octanol–water partition coefficient (Wildman–Crippen LogP) is 4.35. The van der Waals surface area contributed by atoms with Crippen LogP contribution in [0.5, 0.6) is 0 Å². The third-order valence-corrected chi connectivity index (χ3v) is 2.95. The van der Waals surface area contributed by atoms with Crippen molar-refractivity contribution in [1.82, 2.24) is 0 Å². The van der Waals surface area contributed by atoms with Crippen molar-refractivity contribution in [1.29, 1.82) is 0 Å². The first-order valence-corrected chi connectivity index (χ1v) is 6.30. The second kappa shape index (κ2) is 6.36. The van der Waals surface area contributed by atoms with Gasteiger partial charge >= 0.3 is 0 Å². The third kappa shape index (κ3) is 3.69. The first-order chi connectivity index (χ1) is 9.56. The van der Waals surface area contributed by atoms with Gasteiger partial charge in [0.05, 0.1) is 16.8 Å². The molecule has 0 heterocycles. The lowest BCUT2D eigenvalue weighted by Crippen LogP contribution is -1.93. The lowest BCUT2D eigenvalue weighted by molar-refractivity contribution is -0.384. The molecule has 0 aliphatic carbocycles. The standard InChI is InChI=1S/C13H9Cl2N3O2/c14-10-2-1-3-11(7-10)17-16-8-9-4-5-12(15)13(6-9)18(19)20/h1-8,17H/b16-8+. The maximum atomic E-state index is 10.8. The minimum absolute atomic E-state index is 0.0925. The Bertz CT molecular complexity index is 674. The van der Waals surface area contributed by atoms with Crippen LogP contribution in [0.1, 0.15) is 5.56 Å². The molecule has 5 nitrogen and oxygen atoms in total. The van der Waals surface area contributed by atoms with Crippen molar-refractivity contribution in [3.05, 3.63) is 68.2 Å². The van der Waals surface area contributed by atoms with Crippen LogP contribution < -0.4 is 5.43 Å². The Morgan fingerprint density at radius 2 is 2.00 bits per heavy atom. The van der Waals surface area contributed by atoms with E-state index in [1.165, 1.54) is 18.3 Å². The summed E-state index contributed by atoms with van der Waals surface area (Å²) in [5, 5.41) is 15.4. The van der Waals surface area contributed by atoms with Crippen LogP contribution in [0, 0.1) is 10.1 Å². The summed E-state index contributed by atoms with van der Waals surface area (Å²) in [7, 11) is 0. The molecule has 0 aromatic heterocycles. The third-order valence-electron chi connectivity index (χ3n) is 2.40. The van der Waals surface area contributed by atoms with E-state index in [9.17, 15) is 10.1 Å². The number of anilines is 1. The van der Waals surface area contributed by atoms with Gasteiger partial charge in [-0.25, -0.2) is 0 Å². The molecule has 102 valence electrons. The average Bonchev–Trinajstić information content (AvgIpc) is 2.40. The quantitative estimate of drug-likeness (QED) is 0.518. The molecule has 0 saturated heterocycles. The van der Waals surface area contributed by atoms with Gasteiger partial charge in [-0.05, 0) is 24.3 Å². The van der Waals surface area contributed by atoms with Crippen molar-refractivity contribution in [2.45, 2.75) is 0 Å². The van der Waals surface area contributed by atoms with Gasteiger partial charge in [0.1, 0.15) is 5.02 Å². The van der Waals surface area contributed by atoms with Crippen LogP contribution in [-0.4, -0.2) is 11.1 Å². The van der Waals surface area contributed by atoms with Gasteiger partial charge in [0.15, 0.2) is 0 Å². The minimum atomic E-state index is -0.538. The van der Waals surface area contributed by atoms with E-state index in [0.29, 0.717) is 10.6 Å². The van der Waals surface area contributed by atoms with Gasteiger partial charge in [0.25, 0.3) is 5.69 Å². The number of hydrogen-bond donors (Lipinski definition) is 1. The van der Waals surface area contributed by atoms with E-state index in [-0.39, 0.29) is 10.7 Å². The van der Waals surface area contributed by atoms with Crippen LogP contribution in [0.3, 0.4) is 0 Å². The normalized spacial score (nSPS) is 10.7. The molecular formula is C13H9Cl2N3O2. The zero-order valence-corrected chi connectivity index (χ0v) is 11.6. The largest absolute Gasteiger partial charge is 0.288 e. The number of hydrogen-bond acceptors (Lipinski definition) is 4. The van der Waals surface area contributed by atoms with E-state index in [1.807, 2.05) is 0 Å². The Hall–Kier alpha value is -2.11. The molecule has 2 aromatic rings. The van der Waals surface area contributed by atoms with E-state index >= 15 is 0 Å². The lowest BCUT2D eigenvalue weighted by Gasteiger charge is -2.00. The second-order valence-electron chi connectivity index (χ2n) is 3.85. The summed E-state index contributed by atoms with van der Waals surface area (Å²) in [6.07, 6.45) is 1.46. The molecule has 0 atom stereocenters. The summed E-state index contributed by atoms with van der Waals surface area (Å²) in [6.45, 7) is 0. The molecule has 0 radical (unpaired) electrons. The van der Waals surface area contributed by atoms with Crippen molar-refractivity contribution < 1.29 is 4.92 Å². The van der Waals surface area contributed by atoms with Gasteiger partial charge in [-0.2, -0.15) is 5.10 Å². The number of hydrazone groups is 1. The van der Waals surface area contributed by atoms with Crippen LogP contribution in [0.25, 0.3) is 0 Å². The van der Waals surface area contributed by atoms with Gasteiger partial charge in [-0.1, -0.05) is 35.3 Å². The molecule has 0 unspecified atom stereocenters. The summed E-state index contributed by atoms with van der Waals surface area (Å²) >= 11 is 11.6. The Morgan fingerprint density at radius 1 is 1.20 bits per heavy atom. The SMILES string of the molecule is O=[N+]([O-])c1cc(/C=N/Nc2cccc(Cl)c2)ccc1Cl. The molecule has 0 aliphatic heterocycles. The Morgan fingerprint density at radius 3 is 2.70 bits per heavy atom. The van der Waals surface area contributed by atoms with Crippen molar-refractivity contribution >= 4 is 40.8 Å². The van der Waals surface area contributed by atoms with Crippen LogP contribution in [0.15, 0.2) is 47.6 Å². The fourth-order valence-electron chi connectivity index (χ4n) is 1.49. The van der Waals surface area contributed by atoms with Crippen LogP contribution in [-0.2, 0) is 0 Å². The number of benzene rings is 2. The Kier molecular flexibility index (Phi) is 4.55. The summed E-state index contributed by atoms with van der Waals surface area (Å²) in [4.78, 5) is 10.2. The van der Waals surface area contributed by atoms with Gasteiger partial charge in [-0.3, -0.25) is 15.5 Å². The second-order valence-corrected chi connectivity index (χ2v) is 4.69. The number of rotatable bonds is 4. The van der Waals surface area contributed by atoms with E-state index in [4.69, 9.17) is 23.2 Å². The molecule has 20 heavy (non-hydrogen) atoms. The highest BCUT2D eigenvalue weighted by Crippen LogP contribution is 2.24. The average molecular weight is 310 g/mol. The van der Waals surface area contributed by atoms with Crippen molar-refractivity contribution in [2.24, 2.45) is 5.10 Å². The molecule has 2 rings (SSSR count). The highest BCUT2D eigenvalue weighted by Gasteiger charge is 2.11. The molecule has 0 amide bonds. The molecular weight excluding hydrogens is 301 g/mol. The topological polar surface area (TPSA) is 67.5 Å². The summed E-state index contributed by atoms with van der Waals surface area (Å²) in [6, 6.07) is 11.5. The zero-order chi connectivity index (χ0) is 14.5. The highest BCUT2D eigenvalue weighted by atomic mass is 35.5. The Balaban J connectivity index is 2.12. The van der Waals surface area contributed by atoms with Gasteiger partial charge in [-0.15, -0.1) is 0 Å². The zero-order valence-electron chi connectivity index (χ0n) is 10.1. The predicted molar refractivity (Wildman–Crippen MR) is 80.8 cm³/mol. The van der Waals surface area contributed by atoms with E-state index in [0.717, 1.165) is 5.69 Å². The van der Waals surface area contributed by atoms with Crippen molar-refractivity contribution in [3.8, 4) is 0 Å². The number of nitro benzene ring substituents is 1. The first kappa shape index (κ1) is 14.3. The summed E-state index contributed by atoms with van der Waals surface area (Å²) in [5.74, 6) is 0. The van der Waals surface area contributed by atoms with Crippen LogP contribution in [0.2, 0.25) is 10.0 Å². The fraction of sp³-hybridized carbons (Fsp3) is 0. The smallest absolute Gasteiger partial charge is 0.278 e. The van der Waals surface area contributed by atoms with E-state index in [2.05, 4.69) is 10.5 Å². The van der Waals surface area contributed by atoms with E-state index in [1.54, 1.807) is 30.3 Å². The Labute approximate surface area is 125 Å². The van der Waals surface area contributed by atoms with E-state index < -0.39 is 4.92 Å². The molecule has 0 fully saturated rings. The maximum Gasteiger partial charge on any atom is 0.288 e. The number of nitrogens with one attached hydrogen (secondary N) is 1. The number of nitrogens with zero attached hydrogens (tertiary/aromatic N) is 2. The van der Waals surface area contributed by atoms with Gasteiger partial charge in [0.2, 0.25) is 0 Å². The highest BCUT2D eigenvalue weighted by molar-refractivity contribution is 6.32. The molecule has 7 heteroatoms. The van der Waals surface area contributed by atoms with Crippen molar-refractivity contribution in [2.75, 3.05) is 5.43 Å². The maximum absolute atomic E-state index is 10.8. The molecule has 0 bridgehead atoms. The molecule has 1 N–H and O–H groups in total. The molecule has 0 saturated carbocycles. The fourth-order valence-corrected chi connectivity index (χ4v) is 1.87. The molecule has 0 spiro atoms. The summed E-state index contributed by atoms with van der Waals surface area (Å²) in [5.41, 5.74) is 3.91. The number of halogens is 2. The number of nitro groups is 1. The van der Waals surface area contributed by atoms with Crippen molar-refractivity contribution in [3.63, 3.8) is 0 Å². The minimum Gasteiger partial charge on any atom is -0.278 e. The first-order valence-electron chi connectivity index (χ1n) is 5.55. The molecule has 0 aliphatic rings. The van der Waals surface area contributed by atoms with Gasteiger partial charge < -0.3 is 0 Å². The van der Waals surface area contributed by atoms with Crippen LogP contribution >= 0.6 is 23.2 Å². The lowest BCUT2D eigenvalue weighted by atomic mass is 10.2.